The molecule has 1 saturated heterocycles. The number of nitrogens with zero attached hydrogens (tertiary/aromatic N) is 3. The highest BCUT2D eigenvalue weighted by atomic mass is 16.5. The third kappa shape index (κ3) is 4.35. The van der Waals surface area contributed by atoms with Gasteiger partial charge in [-0.1, -0.05) is 12.1 Å². The van der Waals surface area contributed by atoms with Crippen molar-refractivity contribution in [3.8, 4) is 11.5 Å². The summed E-state index contributed by atoms with van der Waals surface area (Å²) in [5, 5.41) is 2.90. The fourth-order valence-electron chi connectivity index (χ4n) is 3.12. The molecule has 1 aromatic heterocycles. The van der Waals surface area contributed by atoms with Gasteiger partial charge in [0, 0.05) is 44.1 Å². The molecular weight excluding hydrogens is 332 g/mol. The van der Waals surface area contributed by atoms with Gasteiger partial charge in [-0.3, -0.25) is 9.69 Å². The van der Waals surface area contributed by atoms with Crippen LogP contribution in [0.25, 0.3) is 0 Å². The third-order valence-corrected chi connectivity index (χ3v) is 4.65. The van der Waals surface area contributed by atoms with Gasteiger partial charge in [-0.2, -0.15) is 0 Å². The Hall–Kier alpha value is -2.54. The average Bonchev–Trinajstić information content (AvgIpc) is 3.16. The number of aryl methyl sites for hydroxylation is 1. The van der Waals surface area contributed by atoms with Crippen LogP contribution in [-0.2, 0) is 17.9 Å². The van der Waals surface area contributed by atoms with Crippen molar-refractivity contribution < 1.29 is 14.3 Å². The molecule has 2 aromatic rings. The monoisotopic (exact) mass is 358 g/mol. The number of carbonyl (C=O) groups is 1. The zero-order valence-electron chi connectivity index (χ0n) is 15.4. The molecule has 0 saturated carbocycles. The number of imidazole rings is 1. The van der Waals surface area contributed by atoms with E-state index in [1.54, 1.807) is 19.6 Å². The normalized spacial score (nSPS) is 17.8. The van der Waals surface area contributed by atoms with Crippen LogP contribution < -0.4 is 14.8 Å². The fraction of sp³-hybridized carbons (Fsp3) is 0.474. The van der Waals surface area contributed by atoms with Gasteiger partial charge in [-0.15, -0.1) is 0 Å². The van der Waals surface area contributed by atoms with Gasteiger partial charge >= 0.3 is 0 Å². The zero-order valence-corrected chi connectivity index (χ0v) is 15.4. The van der Waals surface area contributed by atoms with Gasteiger partial charge in [0.05, 0.1) is 26.1 Å². The van der Waals surface area contributed by atoms with E-state index in [4.69, 9.17) is 9.47 Å². The second kappa shape index (κ2) is 8.71. The van der Waals surface area contributed by atoms with Gasteiger partial charge in [0.2, 0.25) is 5.91 Å². The summed E-state index contributed by atoms with van der Waals surface area (Å²) < 4.78 is 13.6. The van der Waals surface area contributed by atoms with E-state index in [-0.39, 0.29) is 11.9 Å². The number of carbonyl (C=O) groups excluding carboxylic acids is 1. The Morgan fingerprint density at radius 2 is 2.27 bits per heavy atom. The SMILES string of the molecule is COc1cccc(CN2CCNC(=O)C2C)c1OCCCn1ccnc1. The number of piperazine rings is 1. The Morgan fingerprint density at radius 1 is 1.38 bits per heavy atom. The smallest absolute Gasteiger partial charge is 0.237 e. The number of methoxy groups -OCH3 is 1. The summed E-state index contributed by atoms with van der Waals surface area (Å²) in [6.45, 7) is 5.52. The lowest BCUT2D eigenvalue weighted by Gasteiger charge is -2.33. The summed E-state index contributed by atoms with van der Waals surface area (Å²) in [5.74, 6) is 1.56. The maximum atomic E-state index is 11.9. The van der Waals surface area contributed by atoms with Crippen molar-refractivity contribution in [3.05, 3.63) is 42.5 Å². The van der Waals surface area contributed by atoms with Crippen molar-refractivity contribution in [3.63, 3.8) is 0 Å². The minimum Gasteiger partial charge on any atom is -0.493 e. The van der Waals surface area contributed by atoms with E-state index in [2.05, 4.69) is 15.2 Å². The van der Waals surface area contributed by atoms with Crippen molar-refractivity contribution in [1.29, 1.82) is 0 Å². The number of hydrogen-bond acceptors (Lipinski definition) is 5. The second-order valence-electron chi connectivity index (χ2n) is 6.39. The molecule has 1 amide bonds. The number of hydrogen-bond donors (Lipinski definition) is 1. The van der Waals surface area contributed by atoms with Crippen LogP contribution in [0.2, 0.25) is 0 Å². The van der Waals surface area contributed by atoms with Gasteiger partial charge in [0.25, 0.3) is 0 Å². The molecule has 1 unspecified atom stereocenters. The Kier molecular flexibility index (Phi) is 6.12. The number of ether oxygens (including phenoxy) is 2. The predicted molar refractivity (Wildman–Crippen MR) is 98.2 cm³/mol. The topological polar surface area (TPSA) is 68.6 Å². The minimum atomic E-state index is -0.149. The summed E-state index contributed by atoms with van der Waals surface area (Å²) in [6.07, 6.45) is 6.39. The first kappa shape index (κ1) is 18.3. The molecule has 0 radical (unpaired) electrons. The molecule has 26 heavy (non-hydrogen) atoms. The molecule has 2 heterocycles. The molecule has 0 aliphatic carbocycles. The van der Waals surface area contributed by atoms with Crippen LogP contribution in [0.15, 0.2) is 36.9 Å². The van der Waals surface area contributed by atoms with Gasteiger partial charge in [0.15, 0.2) is 11.5 Å². The molecule has 0 bridgehead atoms. The largest absolute Gasteiger partial charge is 0.493 e. The Bertz CT molecular complexity index is 718. The van der Waals surface area contributed by atoms with Crippen molar-refractivity contribution in [2.45, 2.75) is 32.5 Å². The molecule has 140 valence electrons. The first-order chi connectivity index (χ1) is 12.7. The lowest BCUT2D eigenvalue weighted by Crippen LogP contribution is -2.53. The lowest BCUT2D eigenvalue weighted by atomic mass is 10.1. The zero-order chi connectivity index (χ0) is 18.4. The third-order valence-electron chi connectivity index (χ3n) is 4.65. The van der Waals surface area contributed by atoms with E-state index in [0.717, 1.165) is 36.6 Å². The van der Waals surface area contributed by atoms with E-state index in [9.17, 15) is 4.79 Å². The summed E-state index contributed by atoms with van der Waals surface area (Å²) >= 11 is 0. The van der Waals surface area contributed by atoms with E-state index in [1.165, 1.54) is 0 Å². The highest BCUT2D eigenvalue weighted by Crippen LogP contribution is 2.32. The van der Waals surface area contributed by atoms with E-state index < -0.39 is 0 Å². The van der Waals surface area contributed by atoms with Crippen molar-refractivity contribution in [2.75, 3.05) is 26.8 Å². The van der Waals surface area contributed by atoms with Crippen LogP contribution in [0, 0.1) is 0 Å². The number of benzene rings is 1. The van der Waals surface area contributed by atoms with Crippen LogP contribution in [0.4, 0.5) is 0 Å². The summed E-state index contributed by atoms with van der Waals surface area (Å²) in [5.41, 5.74) is 1.04. The standard InChI is InChI=1S/C19H26N4O3/c1-15-19(24)21-8-11-23(15)13-16-5-3-6-17(25-2)18(16)26-12-4-9-22-10-7-20-14-22/h3,5-7,10,14-15H,4,8-9,11-13H2,1-2H3,(H,21,24). The Balaban J connectivity index is 1.66. The van der Waals surface area contributed by atoms with Crippen molar-refractivity contribution >= 4 is 5.91 Å². The molecule has 3 rings (SSSR count). The highest BCUT2D eigenvalue weighted by Gasteiger charge is 2.26. The predicted octanol–water partition coefficient (Wildman–Crippen LogP) is 1.68. The molecule has 0 spiro atoms. The number of aromatic nitrogens is 2. The molecule has 7 heteroatoms. The summed E-state index contributed by atoms with van der Waals surface area (Å²) in [6, 6.07) is 5.75. The van der Waals surface area contributed by atoms with Gasteiger partial charge < -0.3 is 19.4 Å². The quantitative estimate of drug-likeness (QED) is 0.727. The Labute approximate surface area is 153 Å². The van der Waals surface area contributed by atoms with Crippen LogP contribution in [0.3, 0.4) is 0 Å². The Morgan fingerprint density at radius 3 is 3.04 bits per heavy atom. The molecule has 1 atom stereocenters. The maximum absolute atomic E-state index is 11.9. The van der Waals surface area contributed by atoms with Gasteiger partial charge in [0.1, 0.15) is 0 Å². The van der Waals surface area contributed by atoms with E-state index in [0.29, 0.717) is 19.7 Å². The minimum absolute atomic E-state index is 0.0712. The molecule has 7 nitrogen and oxygen atoms in total. The lowest BCUT2D eigenvalue weighted by molar-refractivity contribution is -0.128. The molecule has 1 fully saturated rings. The van der Waals surface area contributed by atoms with Crippen molar-refractivity contribution in [1.82, 2.24) is 19.8 Å². The summed E-state index contributed by atoms with van der Waals surface area (Å²) in [4.78, 5) is 18.1. The average molecular weight is 358 g/mol. The number of rotatable bonds is 8. The maximum Gasteiger partial charge on any atom is 0.237 e. The highest BCUT2D eigenvalue weighted by molar-refractivity contribution is 5.82. The van der Waals surface area contributed by atoms with Crippen LogP contribution >= 0.6 is 0 Å². The fourth-order valence-corrected chi connectivity index (χ4v) is 3.12. The number of para-hydroxylation sites is 1. The van der Waals surface area contributed by atoms with Crippen LogP contribution in [-0.4, -0.2) is 53.2 Å². The van der Waals surface area contributed by atoms with Crippen LogP contribution in [0.5, 0.6) is 11.5 Å². The molecular formula is C19H26N4O3. The first-order valence-electron chi connectivity index (χ1n) is 8.95. The summed E-state index contributed by atoms with van der Waals surface area (Å²) in [7, 11) is 1.65. The first-order valence-corrected chi connectivity index (χ1v) is 8.95. The van der Waals surface area contributed by atoms with E-state index in [1.807, 2.05) is 35.9 Å². The molecule has 1 aliphatic rings. The molecule has 1 aliphatic heterocycles. The molecule has 1 aromatic carbocycles. The number of nitrogens with one attached hydrogen (secondary N) is 1. The van der Waals surface area contributed by atoms with Gasteiger partial charge in [-0.05, 0) is 19.4 Å². The number of amides is 1. The second-order valence-corrected chi connectivity index (χ2v) is 6.39. The van der Waals surface area contributed by atoms with Crippen molar-refractivity contribution in [2.24, 2.45) is 0 Å². The van der Waals surface area contributed by atoms with Gasteiger partial charge in [-0.25, -0.2) is 4.98 Å². The van der Waals surface area contributed by atoms with Crippen LogP contribution in [0.1, 0.15) is 18.9 Å². The van der Waals surface area contributed by atoms with E-state index >= 15 is 0 Å². The molecule has 1 N–H and O–H groups in total.